The maximum atomic E-state index is 3.15. The number of rotatable bonds is 7. The van der Waals surface area contributed by atoms with E-state index in [0.29, 0.717) is 0 Å². The molecule has 8 rings (SSSR count). The van der Waals surface area contributed by atoms with Crippen LogP contribution in [0.1, 0.15) is 0 Å². The first-order valence-electron chi connectivity index (χ1n) is 17.0. The summed E-state index contributed by atoms with van der Waals surface area (Å²) in [6.07, 6.45) is 0. The van der Waals surface area contributed by atoms with Gasteiger partial charge in [-0.05, 0) is 72.8 Å². The Morgan fingerprint density at radius 3 is 0.635 bits per heavy atom. The Labute approximate surface area is 333 Å². The van der Waals surface area contributed by atoms with Crippen molar-refractivity contribution in [2.45, 2.75) is 0 Å². The second-order valence-corrected chi connectivity index (χ2v) is 16.5. The van der Waals surface area contributed by atoms with Crippen LogP contribution >= 0.6 is 35.4 Å². The summed E-state index contributed by atoms with van der Waals surface area (Å²) < 4.78 is 0. The van der Waals surface area contributed by atoms with Crippen molar-refractivity contribution in [1.29, 1.82) is 0 Å². The van der Waals surface area contributed by atoms with Crippen LogP contribution in [0, 0.1) is 12.1 Å². The molecule has 256 valence electrons. The van der Waals surface area contributed by atoms with Crippen molar-refractivity contribution in [1.82, 2.24) is 0 Å². The summed E-state index contributed by atoms with van der Waals surface area (Å²) >= 11 is 4.12. The summed E-state index contributed by atoms with van der Waals surface area (Å²) in [7, 11) is -1.75. The molecule has 4 heteroatoms. The molecule has 0 saturated carbocycles. The van der Waals surface area contributed by atoms with Crippen molar-refractivity contribution >= 4 is 67.3 Å². The Hall–Kier alpha value is -4.00. The minimum atomic E-state index is -0.877. The summed E-state index contributed by atoms with van der Waals surface area (Å²) in [6.45, 7) is 0. The molecule has 0 radical (unpaired) electrons. The Bertz CT molecular complexity index is 1730. The van der Waals surface area contributed by atoms with Gasteiger partial charge in [0.25, 0.3) is 0 Å². The summed E-state index contributed by atoms with van der Waals surface area (Å²) in [5.74, 6) is 0. The molecule has 0 nitrogen and oxygen atoms in total. The molecule has 0 bridgehead atoms. The van der Waals surface area contributed by atoms with Crippen LogP contribution in [0.2, 0.25) is 0 Å². The van der Waals surface area contributed by atoms with Crippen LogP contribution in [0.25, 0.3) is 11.1 Å². The quantitative estimate of drug-likeness (QED) is 0.0848. The minimum Gasteiger partial charge on any atom is -0.226 e. The van der Waals surface area contributed by atoms with Gasteiger partial charge >= 0.3 is 34.9 Å². The molecule has 0 amide bonds. The molecule has 0 spiro atoms. The molecule has 52 heavy (non-hydrogen) atoms. The van der Waals surface area contributed by atoms with E-state index in [1.165, 1.54) is 31.8 Å². The second kappa shape index (κ2) is 22.8. The van der Waals surface area contributed by atoms with E-state index >= 15 is 0 Å². The topological polar surface area (TPSA) is 0 Å². The van der Waals surface area contributed by atoms with Crippen LogP contribution in [-0.4, -0.2) is 0 Å². The van der Waals surface area contributed by atoms with E-state index in [-0.39, 0.29) is 0 Å². The monoisotopic (exact) mass is 998 g/mol. The fraction of sp³-hybridized carbons (Fsp3) is 0. The van der Waals surface area contributed by atoms with Gasteiger partial charge in [0.15, 0.2) is 0 Å². The van der Waals surface area contributed by atoms with E-state index in [2.05, 4.69) is 214 Å². The molecule has 8 aromatic rings. The van der Waals surface area contributed by atoms with Crippen molar-refractivity contribution in [3.63, 3.8) is 0 Å². The average Bonchev–Trinajstić information content (AvgIpc) is 3.25. The number of halogens is 1. The van der Waals surface area contributed by atoms with Crippen LogP contribution in [0.15, 0.2) is 231 Å². The van der Waals surface area contributed by atoms with Crippen molar-refractivity contribution in [2.24, 2.45) is 0 Å². The molecule has 0 atom stereocenters. The molecule has 0 aliphatic rings. The largest absolute Gasteiger partial charge is 0.226 e. The van der Waals surface area contributed by atoms with Gasteiger partial charge in [0, 0.05) is 0 Å². The summed E-state index contributed by atoms with van der Waals surface area (Å²) in [6, 6.07) is 87.1. The van der Waals surface area contributed by atoms with Gasteiger partial charge < -0.3 is 0 Å². The fourth-order valence-electron chi connectivity index (χ4n) is 5.75. The molecule has 0 unspecified atom stereocenters. The van der Waals surface area contributed by atoms with E-state index in [4.69, 9.17) is 0 Å². The maximum absolute atomic E-state index is 3.15. The van der Waals surface area contributed by atoms with Gasteiger partial charge in [0.2, 0.25) is 0 Å². The Balaban J connectivity index is 0.000000151. The SMILES string of the molecule is [I][Ir+2].[c-]1ccccc1-c1[c-]cccc1.c1ccc([PH+](c2ccccc2)c2ccccc2)cc1.c1ccc([PH+](c2ccccc2)c2ccccc2)cc1. The molecule has 0 aliphatic heterocycles. The van der Waals surface area contributed by atoms with Crippen LogP contribution in [0.3, 0.4) is 0 Å². The third-order valence-electron chi connectivity index (χ3n) is 8.08. The number of hydrogen-bond acceptors (Lipinski definition) is 0. The van der Waals surface area contributed by atoms with Gasteiger partial charge in [-0.2, -0.15) is 48.5 Å². The maximum Gasteiger partial charge on any atom is 0.102 e. The molecule has 0 aromatic heterocycles. The van der Waals surface area contributed by atoms with Gasteiger partial charge in [-0.15, -0.1) is 12.1 Å². The van der Waals surface area contributed by atoms with Gasteiger partial charge in [0.1, 0.15) is 31.8 Å². The van der Waals surface area contributed by atoms with Gasteiger partial charge in [-0.1, -0.05) is 109 Å². The molecule has 0 fully saturated rings. The van der Waals surface area contributed by atoms with E-state index < -0.39 is 15.8 Å². The predicted molar refractivity (Wildman–Crippen MR) is 237 cm³/mol. The van der Waals surface area contributed by atoms with E-state index in [0.717, 1.165) is 11.1 Å². The first kappa shape index (κ1) is 39.2. The normalized spacial score (nSPS) is 10.1. The van der Waals surface area contributed by atoms with Gasteiger partial charge in [0.05, 0.1) is 15.8 Å². The smallest absolute Gasteiger partial charge is 0.102 e. The summed E-state index contributed by atoms with van der Waals surface area (Å²) in [5.41, 5.74) is 2.19. The van der Waals surface area contributed by atoms with Crippen molar-refractivity contribution < 1.29 is 15.3 Å². The first-order valence-corrected chi connectivity index (χ1v) is 26.8. The van der Waals surface area contributed by atoms with E-state index in [1.54, 1.807) is 0 Å². The molecule has 8 aromatic carbocycles. The molecular weight excluding hydrogens is 958 g/mol. The predicted octanol–water partition coefficient (Wildman–Crippen LogP) is 10.2. The zero-order valence-corrected chi connectivity index (χ0v) is 35.2. The zero-order valence-electron chi connectivity index (χ0n) is 28.7. The minimum absolute atomic E-state index is 0.877. The van der Waals surface area contributed by atoms with E-state index in [9.17, 15) is 0 Å². The second-order valence-electron chi connectivity index (χ2n) is 11.5. The number of benzene rings is 8. The van der Waals surface area contributed by atoms with Crippen molar-refractivity contribution in [2.75, 3.05) is 0 Å². The third-order valence-corrected chi connectivity index (χ3v) is 13.5. The Kier molecular flexibility index (Phi) is 17.2. The van der Waals surface area contributed by atoms with Crippen LogP contribution in [-0.2, 0) is 15.3 Å². The first-order chi connectivity index (χ1) is 25.9. The van der Waals surface area contributed by atoms with Crippen molar-refractivity contribution in [3.05, 3.63) is 243 Å². The van der Waals surface area contributed by atoms with Gasteiger partial charge in [-0.3, -0.25) is 0 Å². The van der Waals surface area contributed by atoms with Crippen molar-refractivity contribution in [3.8, 4) is 11.1 Å². The molecular formula is C48H40IIrP2+2. The molecule has 0 saturated heterocycles. The standard InChI is InChI=1S/2C18H15P.C12H8.HI.Ir/c2*1-4-10-16(11-5-1)19(17-12-6-2-7-13-17)18-14-8-3-9-15-18;1-3-7-11(8-4-1)12-9-5-2-6-10-12;;/h2*1-15H;1-7,9H;1H;/q;;-2;;+3/p+1. The average molecular weight is 998 g/mol. The van der Waals surface area contributed by atoms with E-state index in [1.807, 2.05) is 63.8 Å². The Morgan fingerprint density at radius 2 is 0.462 bits per heavy atom. The number of hydrogen-bond donors (Lipinski definition) is 0. The molecule has 0 N–H and O–H groups in total. The third kappa shape index (κ3) is 12.0. The zero-order chi connectivity index (χ0) is 36.1. The van der Waals surface area contributed by atoms with Crippen LogP contribution < -0.4 is 31.8 Å². The molecule has 0 aliphatic carbocycles. The van der Waals surface area contributed by atoms with Crippen LogP contribution in [0.5, 0.6) is 0 Å². The Morgan fingerprint density at radius 1 is 0.269 bits per heavy atom. The summed E-state index contributed by atoms with van der Waals surface area (Å²) in [4.78, 5) is 0. The summed E-state index contributed by atoms with van der Waals surface area (Å²) in [5, 5.41) is 8.61. The molecule has 0 heterocycles. The van der Waals surface area contributed by atoms with Gasteiger partial charge in [-0.25, -0.2) is 11.1 Å². The fourth-order valence-corrected chi connectivity index (χ4v) is 10.9. The van der Waals surface area contributed by atoms with Crippen LogP contribution in [0.4, 0.5) is 0 Å².